The summed E-state index contributed by atoms with van der Waals surface area (Å²) in [6, 6.07) is 2.22. The van der Waals surface area contributed by atoms with E-state index in [2.05, 4.69) is 30.1 Å². The highest BCUT2D eigenvalue weighted by Gasteiger charge is 2.16. The van der Waals surface area contributed by atoms with Crippen molar-refractivity contribution in [3.8, 4) is 6.07 Å². The van der Waals surface area contributed by atoms with Gasteiger partial charge in [-0.15, -0.1) is 0 Å². The van der Waals surface area contributed by atoms with Crippen LogP contribution in [0.25, 0.3) is 0 Å². The molecular formula is C14H27N3O. The average molecular weight is 253 g/mol. The fourth-order valence-corrected chi connectivity index (χ4v) is 2.16. The number of rotatable bonds is 8. The van der Waals surface area contributed by atoms with Gasteiger partial charge in [0.15, 0.2) is 0 Å². The molecule has 0 aromatic carbocycles. The van der Waals surface area contributed by atoms with Crippen LogP contribution in [0.3, 0.4) is 0 Å². The van der Waals surface area contributed by atoms with Crippen molar-refractivity contribution in [1.82, 2.24) is 10.2 Å². The summed E-state index contributed by atoms with van der Waals surface area (Å²) in [4.78, 5) is 2.46. The molecule has 1 fully saturated rings. The van der Waals surface area contributed by atoms with Gasteiger partial charge in [0.05, 0.1) is 19.3 Å². The van der Waals surface area contributed by atoms with Crippen molar-refractivity contribution in [1.29, 1.82) is 5.26 Å². The molecule has 1 heterocycles. The first-order chi connectivity index (χ1) is 8.64. The fourth-order valence-electron chi connectivity index (χ4n) is 2.16. The molecule has 0 aromatic rings. The van der Waals surface area contributed by atoms with E-state index in [1.807, 2.05) is 0 Å². The van der Waals surface area contributed by atoms with Gasteiger partial charge in [0.25, 0.3) is 0 Å². The monoisotopic (exact) mass is 253 g/mol. The van der Waals surface area contributed by atoms with Crippen molar-refractivity contribution in [3.63, 3.8) is 0 Å². The maximum atomic E-state index is 8.60. The lowest BCUT2D eigenvalue weighted by Crippen LogP contribution is -2.38. The first-order valence-corrected chi connectivity index (χ1v) is 7.02. The minimum absolute atomic E-state index is 0.231. The molecule has 0 aromatic heterocycles. The Bertz CT molecular complexity index is 254. The van der Waals surface area contributed by atoms with Crippen molar-refractivity contribution in [2.75, 3.05) is 45.9 Å². The van der Waals surface area contributed by atoms with Crippen molar-refractivity contribution >= 4 is 0 Å². The standard InChI is InChI=1S/C14H27N3O/c1-14(2,5-3-6-15)13-16-7-4-8-17-9-11-18-12-10-17/h16H,3-5,7-13H2,1-2H3. The molecule has 104 valence electrons. The molecule has 4 nitrogen and oxygen atoms in total. The number of hydrogen-bond donors (Lipinski definition) is 1. The van der Waals surface area contributed by atoms with Crippen LogP contribution in [0, 0.1) is 16.7 Å². The first-order valence-electron chi connectivity index (χ1n) is 7.02. The summed E-state index contributed by atoms with van der Waals surface area (Å²) in [5, 5.41) is 12.1. The molecule has 0 atom stereocenters. The molecule has 1 saturated heterocycles. The van der Waals surface area contributed by atoms with E-state index < -0.39 is 0 Å². The molecule has 0 spiro atoms. The highest BCUT2D eigenvalue weighted by molar-refractivity contribution is 4.78. The summed E-state index contributed by atoms with van der Waals surface area (Å²) >= 11 is 0. The molecule has 1 aliphatic rings. The minimum atomic E-state index is 0.231. The Kier molecular flexibility index (Phi) is 7.26. The summed E-state index contributed by atoms with van der Waals surface area (Å²) in [6.07, 6.45) is 2.82. The molecule has 1 N–H and O–H groups in total. The molecule has 0 unspecified atom stereocenters. The van der Waals surface area contributed by atoms with Gasteiger partial charge in [0, 0.05) is 26.1 Å². The summed E-state index contributed by atoms with van der Waals surface area (Å²) in [6.45, 7) is 11.6. The second-order valence-electron chi connectivity index (χ2n) is 5.81. The zero-order valence-corrected chi connectivity index (χ0v) is 11.9. The van der Waals surface area contributed by atoms with E-state index in [1.165, 1.54) is 6.42 Å². The van der Waals surface area contributed by atoms with Gasteiger partial charge in [-0.05, 0) is 31.3 Å². The van der Waals surface area contributed by atoms with Crippen molar-refractivity contribution in [2.24, 2.45) is 5.41 Å². The molecule has 4 heteroatoms. The Morgan fingerprint density at radius 3 is 2.72 bits per heavy atom. The van der Waals surface area contributed by atoms with E-state index in [4.69, 9.17) is 10.00 Å². The Morgan fingerprint density at radius 2 is 2.06 bits per heavy atom. The number of nitriles is 1. The number of morpholine rings is 1. The van der Waals surface area contributed by atoms with Gasteiger partial charge < -0.3 is 10.1 Å². The van der Waals surface area contributed by atoms with Crippen LogP contribution in [0.4, 0.5) is 0 Å². The maximum Gasteiger partial charge on any atom is 0.0621 e. The van der Waals surface area contributed by atoms with E-state index in [0.29, 0.717) is 6.42 Å². The predicted octanol–water partition coefficient (Wildman–Crippen LogP) is 1.63. The van der Waals surface area contributed by atoms with Crippen LogP contribution in [0.15, 0.2) is 0 Å². The summed E-state index contributed by atoms with van der Waals surface area (Å²) < 4.78 is 5.33. The van der Waals surface area contributed by atoms with E-state index in [0.717, 1.165) is 52.4 Å². The largest absolute Gasteiger partial charge is 0.379 e. The number of nitrogens with zero attached hydrogens (tertiary/aromatic N) is 2. The first kappa shape index (κ1) is 15.4. The van der Waals surface area contributed by atoms with Gasteiger partial charge >= 0.3 is 0 Å². The molecular weight excluding hydrogens is 226 g/mol. The maximum absolute atomic E-state index is 8.60. The number of nitrogens with one attached hydrogen (secondary N) is 1. The lowest BCUT2D eigenvalue weighted by Gasteiger charge is -2.27. The summed E-state index contributed by atoms with van der Waals surface area (Å²) in [5.41, 5.74) is 0.231. The Labute approximate surface area is 111 Å². The van der Waals surface area contributed by atoms with Gasteiger partial charge in [-0.25, -0.2) is 0 Å². The molecule has 1 aliphatic heterocycles. The minimum Gasteiger partial charge on any atom is -0.379 e. The third-order valence-electron chi connectivity index (χ3n) is 3.45. The Morgan fingerprint density at radius 1 is 1.33 bits per heavy atom. The average Bonchev–Trinajstić information content (AvgIpc) is 2.37. The lowest BCUT2D eigenvalue weighted by atomic mass is 9.88. The third kappa shape index (κ3) is 6.95. The fraction of sp³-hybridized carbons (Fsp3) is 0.929. The summed E-state index contributed by atoms with van der Waals surface area (Å²) in [5.74, 6) is 0. The zero-order valence-electron chi connectivity index (χ0n) is 11.9. The van der Waals surface area contributed by atoms with Crippen LogP contribution in [0.2, 0.25) is 0 Å². The molecule has 0 amide bonds. The van der Waals surface area contributed by atoms with Gasteiger partial charge in [-0.3, -0.25) is 4.90 Å². The normalized spacial score (nSPS) is 17.6. The van der Waals surface area contributed by atoms with Gasteiger partial charge in [0.2, 0.25) is 0 Å². The molecule has 18 heavy (non-hydrogen) atoms. The van der Waals surface area contributed by atoms with Crippen molar-refractivity contribution in [2.45, 2.75) is 33.1 Å². The van der Waals surface area contributed by atoms with Gasteiger partial charge in [-0.2, -0.15) is 5.26 Å². The topological polar surface area (TPSA) is 48.3 Å². The number of ether oxygens (including phenoxy) is 1. The van der Waals surface area contributed by atoms with E-state index in [1.54, 1.807) is 0 Å². The lowest BCUT2D eigenvalue weighted by molar-refractivity contribution is 0.0374. The molecule has 1 rings (SSSR count). The molecule has 0 radical (unpaired) electrons. The van der Waals surface area contributed by atoms with Crippen molar-refractivity contribution in [3.05, 3.63) is 0 Å². The van der Waals surface area contributed by atoms with Gasteiger partial charge in [0.1, 0.15) is 0 Å². The van der Waals surface area contributed by atoms with Crippen LogP contribution in [0.1, 0.15) is 33.1 Å². The van der Waals surface area contributed by atoms with Crippen molar-refractivity contribution < 1.29 is 4.74 Å². The van der Waals surface area contributed by atoms with E-state index in [9.17, 15) is 0 Å². The van der Waals surface area contributed by atoms with Crippen LogP contribution >= 0.6 is 0 Å². The highest BCUT2D eigenvalue weighted by Crippen LogP contribution is 2.20. The summed E-state index contributed by atoms with van der Waals surface area (Å²) in [7, 11) is 0. The molecule has 0 bridgehead atoms. The SMILES string of the molecule is CC(C)(CCC#N)CNCCCN1CCOCC1. The number of hydrogen-bond acceptors (Lipinski definition) is 4. The van der Waals surface area contributed by atoms with E-state index in [-0.39, 0.29) is 5.41 Å². The third-order valence-corrected chi connectivity index (χ3v) is 3.45. The molecule has 0 aliphatic carbocycles. The van der Waals surface area contributed by atoms with Crippen LogP contribution in [-0.2, 0) is 4.74 Å². The van der Waals surface area contributed by atoms with Crippen LogP contribution < -0.4 is 5.32 Å². The van der Waals surface area contributed by atoms with E-state index >= 15 is 0 Å². The smallest absolute Gasteiger partial charge is 0.0621 e. The Balaban J connectivity index is 1.99. The predicted molar refractivity (Wildman–Crippen MR) is 73.4 cm³/mol. The molecule has 0 saturated carbocycles. The quantitative estimate of drug-likeness (QED) is 0.668. The Hall–Kier alpha value is -0.630. The van der Waals surface area contributed by atoms with Gasteiger partial charge in [-0.1, -0.05) is 13.8 Å². The second kappa shape index (κ2) is 8.47. The van der Waals surface area contributed by atoms with Crippen LogP contribution in [-0.4, -0.2) is 50.8 Å². The van der Waals surface area contributed by atoms with Crippen LogP contribution in [0.5, 0.6) is 0 Å². The zero-order chi connectivity index (χ0) is 13.3. The second-order valence-corrected chi connectivity index (χ2v) is 5.81. The highest BCUT2D eigenvalue weighted by atomic mass is 16.5.